The molecule has 0 spiro atoms. The summed E-state index contributed by atoms with van der Waals surface area (Å²) < 4.78 is 18.1. The average molecular weight is 375 g/mol. The predicted octanol–water partition coefficient (Wildman–Crippen LogP) is 3.60. The van der Waals surface area contributed by atoms with E-state index in [0.717, 1.165) is 5.56 Å². The van der Waals surface area contributed by atoms with Crippen molar-refractivity contribution in [1.29, 1.82) is 0 Å². The Hall–Kier alpha value is -2.77. The topological polar surface area (TPSA) is 71.3 Å². The van der Waals surface area contributed by atoms with Gasteiger partial charge in [0.05, 0.1) is 13.1 Å². The van der Waals surface area contributed by atoms with E-state index >= 15 is 0 Å². The van der Waals surface area contributed by atoms with Gasteiger partial charge >= 0.3 is 0 Å². The Morgan fingerprint density at radius 3 is 2.77 bits per heavy atom. The van der Waals surface area contributed by atoms with Gasteiger partial charge in [-0.3, -0.25) is 9.69 Å². The fourth-order valence-electron chi connectivity index (χ4n) is 2.33. The highest BCUT2D eigenvalue weighted by Crippen LogP contribution is 2.20. The van der Waals surface area contributed by atoms with E-state index in [4.69, 9.17) is 16.1 Å². The summed E-state index contributed by atoms with van der Waals surface area (Å²) in [5, 5.41) is 7.21. The van der Waals surface area contributed by atoms with Crippen LogP contribution in [0.4, 0.5) is 10.1 Å². The van der Waals surface area contributed by atoms with Crippen LogP contribution in [-0.4, -0.2) is 34.5 Å². The number of likely N-dealkylation sites (N-methyl/N-ethyl adjacent to an activating group) is 1. The predicted molar refractivity (Wildman–Crippen MR) is 96.1 cm³/mol. The lowest BCUT2D eigenvalue weighted by atomic mass is 10.2. The Balaban J connectivity index is 1.55. The normalized spacial score (nSPS) is 10.9. The van der Waals surface area contributed by atoms with Crippen molar-refractivity contribution in [2.75, 3.05) is 18.9 Å². The molecule has 1 aromatic heterocycles. The summed E-state index contributed by atoms with van der Waals surface area (Å²) in [7, 11) is 1.76. The van der Waals surface area contributed by atoms with Gasteiger partial charge in [-0.25, -0.2) is 4.39 Å². The van der Waals surface area contributed by atoms with E-state index in [0.29, 0.717) is 29.0 Å². The summed E-state index contributed by atoms with van der Waals surface area (Å²) in [4.78, 5) is 18.1. The number of halogens is 2. The number of benzene rings is 2. The number of hydrogen-bond donors (Lipinski definition) is 1. The fourth-order valence-corrected chi connectivity index (χ4v) is 2.52. The number of nitrogens with zero attached hydrogens (tertiary/aromatic N) is 3. The molecule has 0 saturated carbocycles. The van der Waals surface area contributed by atoms with E-state index in [9.17, 15) is 9.18 Å². The highest BCUT2D eigenvalue weighted by atomic mass is 35.5. The Bertz CT molecular complexity index is 898. The number of hydrogen-bond acceptors (Lipinski definition) is 5. The number of carbonyl (C=O) groups is 1. The molecule has 0 unspecified atom stereocenters. The molecule has 1 N–H and O–H groups in total. The van der Waals surface area contributed by atoms with Crippen LogP contribution in [0.25, 0.3) is 11.4 Å². The van der Waals surface area contributed by atoms with E-state index in [1.807, 2.05) is 6.07 Å². The Labute approximate surface area is 154 Å². The molecule has 0 saturated heterocycles. The van der Waals surface area contributed by atoms with Gasteiger partial charge in [0.1, 0.15) is 5.82 Å². The second-order valence-electron chi connectivity index (χ2n) is 5.75. The van der Waals surface area contributed by atoms with Crippen molar-refractivity contribution in [3.05, 3.63) is 65.3 Å². The zero-order valence-electron chi connectivity index (χ0n) is 13.9. The molecule has 8 heteroatoms. The molecule has 0 radical (unpaired) electrons. The largest absolute Gasteiger partial charge is 0.338 e. The molecule has 0 aliphatic rings. The second-order valence-corrected chi connectivity index (χ2v) is 6.19. The van der Waals surface area contributed by atoms with Crippen LogP contribution in [0.15, 0.2) is 53.1 Å². The second kappa shape index (κ2) is 8.07. The van der Waals surface area contributed by atoms with Crippen LogP contribution >= 0.6 is 11.6 Å². The molecule has 0 atom stereocenters. The van der Waals surface area contributed by atoms with Crippen LogP contribution in [0.3, 0.4) is 0 Å². The number of rotatable bonds is 6. The lowest BCUT2D eigenvalue weighted by Crippen LogP contribution is -2.29. The molecule has 0 aliphatic carbocycles. The van der Waals surface area contributed by atoms with Crippen LogP contribution < -0.4 is 5.32 Å². The van der Waals surface area contributed by atoms with Crippen molar-refractivity contribution >= 4 is 23.2 Å². The molecular formula is C18H16ClFN4O2. The SMILES string of the molecule is CN(CC(=O)Nc1ccc(F)cc1)Cc1nc(-c2cccc(Cl)c2)no1. The number of nitrogens with one attached hydrogen (secondary N) is 1. The van der Waals surface area contributed by atoms with Crippen LogP contribution in [0, 0.1) is 5.82 Å². The van der Waals surface area contributed by atoms with E-state index < -0.39 is 0 Å². The Morgan fingerprint density at radius 2 is 2.04 bits per heavy atom. The molecule has 0 aliphatic heterocycles. The monoisotopic (exact) mass is 374 g/mol. The molecule has 3 rings (SSSR count). The molecule has 3 aromatic rings. The maximum atomic E-state index is 12.9. The highest BCUT2D eigenvalue weighted by molar-refractivity contribution is 6.30. The molecule has 26 heavy (non-hydrogen) atoms. The van der Waals surface area contributed by atoms with Crippen LogP contribution in [0.5, 0.6) is 0 Å². The lowest BCUT2D eigenvalue weighted by Gasteiger charge is -2.13. The smallest absolute Gasteiger partial charge is 0.241 e. The van der Waals surface area contributed by atoms with Gasteiger partial charge < -0.3 is 9.84 Å². The van der Waals surface area contributed by atoms with E-state index in [1.165, 1.54) is 24.3 Å². The third-order valence-electron chi connectivity index (χ3n) is 3.50. The zero-order valence-corrected chi connectivity index (χ0v) is 14.7. The first-order valence-electron chi connectivity index (χ1n) is 7.82. The number of anilines is 1. The van der Waals surface area contributed by atoms with E-state index in [-0.39, 0.29) is 18.3 Å². The zero-order chi connectivity index (χ0) is 18.5. The van der Waals surface area contributed by atoms with Crippen LogP contribution in [0.1, 0.15) is 5.89 Å². The standard InChI is InChI=1S/C18H16ClFN4O2/c1-24(10-16(25)21-15-7-5-14(20)6-8-15)11-17-22-18(23-26-17)12-3-2-4-13(19)9-12/h2-9H,10-11H2,1H3,(H,21,25). The quantitative estimate of drug-likeness (QED) is 0.713. The van der Waals surface area contributed by atoms with Crippen molar-refractivity contribution in [1.82, 2.24) is 15.0 Å². The lowest BCUT2D eigenvalue weighted by molar-refractivity contribution is -0.117. The minimum atomic E-state index is -0.355. The fraction of sp³-hybridized carbons (Fsp3) is 0.167. The first kappa shape index (κ1) is 18.0. The van der Waals surface area contributed by atoms with Crippen molar-refractivity contribution < 1.29 is 13.7 Å². The summed E-state index contributed by atoms with van der Waals surface area (Å²) in [6, 6.07) is 12.7. The van der Waals surface area contributed by atoms with Gasteiger partial charge in [0.15, 0.2) is 0 Å². The van der Waals surface area contributed by atoms with E-state index in [1.54, 1.807) is 30.1 Å². The molecular weight excluding hydrogens is 359 g/mol. The van der Waals surface area contributed by atoms with Gasteiger partial charge in [0.2, 0.25) is 17.6 Å². The van der Waals surface area contributed by atoms with Gasteiger partial charge in [0.25, 0.3) is 0 Å². The summed E-state index contributed by atoms with van der Waals surface area (Å²) in [6.07, 6.45) is 0. The molecule has 2 aromatic carbocycles. The van der Waals surface area contributed by atoms with Crippen molar-refractivity contribution in [3.8, 4) is 11.4 Å². The summed E-state index contributed by atoms with van der Waals surface area (Å²) >= 11 is 5.96. The van der Waals surface area contributed by atoms with Crippen molar-refractivity contribution in [3.63, 3.8) is 0 Å². The van der Waals surface area contributed by atoms with Crippen LogP contribution in [0.2, 0.25) is 5.02 Å². The number of carbonyl (C=O) groups excluding carboxylic acids is 1. The molecule has 134 valence electrons. The maximum absolute atomic E-state index is 12.9. The van der Waals surface area contributed by atoms with Crippen LogP contribution in [-0.2, 0) is 11.3 Å². The maximum Gasteiger partial charge on any atom is 0.241 e. The third-order valence-corrected chi connectivity index (χ3v) is 3.73. The van der Waals surface area contributed by atoms with Gasteiger partial charge in [-0.1, -0.05) is 28.9 Å². The molecule has 1 heterocycles. The van der Waals surface area contributed by atoms with Gasteiger partial charge in [0, 0.05) is 16.3 Å². The van der Waals surface area contributed by atoms with E-state index in [2.05, 4.69) is 15.5 Å². The van der Waals surface area contributed by atoms with Gasteiger partial charge in [-0.15, -0.1) is 0 Å². The summed E-state index contributed by atoms with van der Waals surface area (Å²) in [6.45, 7) is 0.427. The van der Waals surface area contributed by atoms with Gasteiger partial charge in [-0.2, -0.15) is 4.98 Å². The molecule has 0 bridgehead atoms. The summed E-state index contributed by atoms with van der Waals surface area (Å²) in [5.41, 5.74) is 1.29. The van der Waals surface area contributed by atoms with Crippen molar-refractivity contribution in [2.24, 2.45) is 0 Å². The first-order valence-corrected chi connectivity index (χ1v) is 8.20. The summed E-state index contributed by atoms with van der Waals surface area (Å²) in [5.74, 6) is 0.240. The van der Waals surface area contributed by atoms with Crippen molar-refractivity contribution in [2.45, 2.75) is 6.54 Å². The number of aromatic nitrogens is 2. The Kier molecular flexibility index (Phi) is 5.60. The van der Waals surface area contributed by atoms with Gasteiger partial charge in [-0.05, 0) is 43.4 Å². The Morgan fingerprint density at radius 1 is 1.27 bits per heavy atom. The molecule has 1 amide bonds. The minimum absolute atomic E-state index is 0.117. The average Bonchev–Trinajstić information content (AvgIpc) is 3.05. The highest BCUT2D eigenvalue weighted by Gasteiger charge is 2.13. The first-order chi connectivity index (χ1) is 12.5. The minimum Gasteiger partial charge on any atom is -0.338 e. The molecule has 0 fully saturated rings. The molecule has 6 nitrogen and oxygen atoms in total. The third kappa shape index (κ3) is 4.87. The number of amides is 1.